The van der Waals surface area contributed by atoms with Gasteiger partial charge >= 0.3 is 0 Å². The molecule has 0 aliphatic heterocycles. The Kier molecular flexibility index (Phi) is 6.60. The van der Waals surface area contributed by atoms with E-state index < -0.39 is 33.2 Å². The van der Waals surface area contributed by atoms with E-state index in [1.807, 2.05) is 0 Å². The smallest absolute Gasteiger partial charge is 0.274 e. The van der Waals surface area contributed by atoms with Crippen LogP contribution in [-0.4, -0.2) is 24.4 Å². The molecule has 174 valence electrons. The van der Waals surface area contributed by atoms with E-state index in [9.17, 15) is 22.7 Å². The van der Waals surface area contributed by atoms with E-state index in [2.05, 4.69) is 15.0 Å². The number of nitrogens with one attached hydrogen (secondary N) is 2. The van der Waals surface area contributed by atoms with Gasteiger partial charge in [0, 0.05) is 6.54 Å². The Morgan fingerprint density at radius 3 is 2.41 bits per heavy atom. The van der Waals surface area contributed by atoms with Crippen molar-refractivity contribution in [2.45, 2.75) is 12.3 Å². The number of aromatic hydroxyl groups is 1. The van der Waals surface area contributed by atoms with Gasteiger partial charge < -0.3 is 14.8 Å². The quantitative estimate of drug-likeness (QED) is 0.349. The summed E-state index contributed by atoms with van der Waals surface area (Å²) in [6.07, 6.45) is 1.40. The number of sulfonamides is 1. The number of pyridine rings is 1. The molecule has 4 rings (SSSR count). The molecule has 2 heterocycles. The fraction of sp³-hybridized carbons (Fsp3) is 0.0833. The third-order valence-electron chi connectivity index (χ3n) is 4.81. The van der Waals surface area contributed by atoms with Crippen molar-refractivity contribution in [2.24, 2.45) is 0 Å². The number of rotatable bonds is 8. The van der Waals surface area contributed by atoms with Crippen LogP contribution in [0.2, 0.25) is 0 Å². The standard InChI is InChI=1S/C24H20FN3O5S/c25-18-10-8-16(9-11-18)14-26-24(30)22-23(29)20(13-19(27-22)21-7-4-12-33-21)28-34(31,32)15-17-5-2-1-3-6-17/h1-13,29H,14-15H2,(H,26,30)(H,27,28). The highest BCUT2D eigenvalue weighted by Crippen LogP contribution is 2.32. The fourth-order valence-electron chi connectivity index (χ4n) is 3.19. The first-order chi connectivity index (χ1) is 16.3. The minimum atomic E-state index is -3.93. The summed E-state index contributed by atoms with van der Waals surface area (Å²) >= 11 is 0. The molecule has 0 aliphatic carbocycles. The van der Waals surface area contributed by atoms with Gasteiger partial charge in [-0.2, -0.15) is 0 Å². The minimum Gasteiger partial charge on any atom is -0.504 e. The lowest BCUT2D eigenvalue weighted by atomic mass is 10.2. The van der Waals surface area contributed by atoms with Gasteiger partial charge in [0.1, 0.15) is 11.5 Å². The van der Waals surface area contributed by atoms with Crippen LogP contribution in [0.15, 0.2) is 83.5 Å². The van der Waals surface area contributed by atoms with Crippen LogP contribution in [-0.2, 0) is 22.3 Å². The summed E-state index contributed by atoms with van der Waals surface area (Å²) in [4.78, 5) is 17.0. The Labute approximate surface area is 195 Å². The number of anilines is 1. The summed E-state index contributed by atoms with van der Waals surface area (Å²) in [5.41, 5.74) is 0.706. The van der Waals surface area contributed by atoms with Gasteiger partial charge in [0.05, 0.1) is 17.7 Å². The first kappa shape index (κ1) is 23.0. The van der Waals surface area contributed by atoms with Crippen molar-refractivity contribution in [1.29, 1.82) is 0 Å². The van der Waals surface area contributed by atoms with E-state index >= 15 is 0 Å². The maximum absolute atomic E-state index is 13.1. The first-order valence-electron chi connectivity index (χ1n) is 10.2. The molecule has 0 saturated carbocycles. The van der Waals surface area contributed by atoms with Gasteiger partial charge in [-0.25, -0.2) is 17.8 Å². The second-order valence-electron chi connectivity index (χ2n) is 7.39. The molecule has 34 heavy (non-hydrogen) atoms. The Morgan fingerprint density at radius 2 is 1.74 bits per heavy atom. The van der Waals surface area contributed by atoms with Crippen LogP contribution in [0.4, 0.5) is 10.1 Å². The zero-order valence-electron chi connectivity index (χ0n) is 17.7. The van der Waals surface area contributed by atoms with Gasteiger partial charge in [-0.15, -0.1) is 0 Å². The van der Waals surface area contributed by atoms with Crippen molar-refractivity contribution in [3.63, 3.8) is 0 Å². The summed E-state index contributed by atoms with van der Waals surface area (Å²) in [5.74, 6) is -1.86. The third-order valence-corrected chi connectivity index (χ3v) is 6.06. The van der Waals surface area contributed by atoms with Crippen LogP contribution in [0.1, 0.15) is 21.6 Å². The van der Waals surface area contributed by atoms with Gasteiger partial charge in [-0.05, 0) is 41.5 Å². The number of hydrogen-bond acceptors (Lipinski definition) is 6. The van der Waals surface area contributed by atoms with Gasteiger partial charge in [-0.3, -0.25) is 9.52 Å². The number of aromatic nitrogens is 1. The second-order valence-corrected chi connectivity index (χ2v) is 9.11. The van der Waals surface area contributed by atoms with Crippen molar-refractivity contribution < 1.29 is 27.1 Å². The molecular formula is C24H20FN3O5S. The Morgan fingerprint density at radius 1 is 1.00 bits per heavy atom. The summed E-state index contributed by atoms with van der Waals surface area (Å²) in [6.45, 7) is 0.0419. The second kappa shape index (κ2) is 9.75. The first-order valence-corrected chi connectivity index (χ1v) is 11.8. The van der Waals surface area contributed by atoms with Crippen LogP contribution in [0, 0.1) is 5.82 Å². The van der Waals surface area contributed by atoms with Crippen molar-refractivity contribution in [2.75, 3.05) is 4.72 Å². The lowest BCUT2D eigenvalue weighted by molar-refractivity contribution is 0.0943. The summed E-state index contributed by atoms with van der Waals surface area (Å²) in [5, 5.41) is 13.3. The maximum Gasteiger partial charge on any atom is 0.274 e. The molecule has 0 atom stereocenters. The lowest BCUT2D eigenvalue weighted by Crippen LogP contribution is -2.25. The highest BCUT2D eigenvalue weighted by atomic mass is 32.2. The maximum atomic E-state index is 13.1. The highest BCUT2D eigenvalue weighted by Gasteiger charge is 2.23. The van der Waals surface area contributed by atoms with Gasteiger partial charge in [0.25, 0.3) is 5.91 Å². The molecule has 0 unspecified atom stereocenters. The number of hydrogen-bond donors (Lipinski definition) is 3. The molecule has 0 saturated heterocycles. The van der Waals surface area contributed by atoms with Crippen LogP contribution in [0.5, 0.6) is 5.75 Å². The zero-order chi connectivity index (χ0) is 24.1. The fourth-order valence-corrected chi connectivity index (χ4v) is 4.38. The van der Waals surface area contributed by atoms with E-state index in [4.69, 9.17) is 4.42 Å². The molecule has 2 aromatic heterocycles. The zero-order valence-corrected chi connectivity index (χ0v) is 18.5. The monoisotopic (exact) mass is 481 g/mol. The molecule has 4 aromatic rings. The van der Waals surface area contributed by atoms with Crippen LogP contribution >= 0.6 is 0 Å². The van der Waals surface area contributed by atoms with Crippen molar-refractivity contribution in [1.82, 2.24) is 10.3 Å². The lowest BCUT2D eigenvalue weighted by Gasteiger charge is -2.14. The van der Waals surface area contributed by atoms with Crippen molar-refractivity contribution in [3.8, 4) is 17.2 Å². The number of nitrogens with zero attached hydrogens (tertiary/aromatic N) is 1. The predicted octanol–water partition coefficient (Wildman–Crippen LogP) is 4.06. The summed E-state index contributed by atoms with van der Waals surface area (Å²) in [6, 6.07) is 18.5. The highest BCUT2D eigenvalue weighted by molar-refractivity contribution is 7.91. The van der Waals surface area contributed by atoms with E-state index in [-0.39, 0.29) is 29.4 Å². The molecular weight excluding hydrogens is 461 g/mol. The topological polar surface area (TPSA) is 122 Å². The van der Waals surface area contributed by atoms with Gasteiger partial charge in [0.2, 0.25) is 10.0 Å². The Bertz CT molecular complexity index is 1390. The van der Waals surface area contributed by atoms with Gasteiger partial charge in [-0.1, -0.05) is 42.5 Å². The molecule has 0 bridgehead atoms. The SMILES string of the molecule is O=C(NCc1ccc(F)cc1)c1nc(-c2ccco2)cc(NS(=O)(=O)Cc2ccccc2)c1O. The molecule has 1 amide bonds. The molecule has 0 aliphatic rings. The molecule has 3 N–H and O–H groups in total. The number of benzene rings is 2. The Hall–Kier alpha value is -4.18. The number of carbonyl (C=O) groups is 1. The average molecular weight is 482 g/mol. The van der Waals surface area contributed by atoms with Crippen LogP contribution in [0.3, 0.4) is 0 Å². The number of amides is 1. The number of halogens is 1. The minimum absolute atomic E-state index is 0.0419. The summed E-state index contributed by atoms with van der Waals surface area (Å²) in [7, 11) is -3.93. The van der Waals surface area contributed by atoms with Gasteiger partial charge in [0.15, 0.2) is 17.2 Å². The number of carbonyl (C=O) groups excluding carboxylic acids is 1. The molecule has 2 aromatic carbocycles. The van der Waals surface area contributed by atoms with E-state index in [1.54, 1.807) is 42.5 Å². The third kappa shape index (κ3) is 5.59. The normalized spacial score (nSPS) is 11.2. The van der Waals surface area contributed by atoms with Crippen LogP contribution < -0.4 is 10.0 Å². The van der Waals surface area contributed by atoms with E-state index in [1.165, 1.54) is 36.6 Å². The van der Waals surface area contributed by atoms with Crippen molar-refractivity contribution >= 4 is 21.6 Å². The molecule has 0 radical (unpaired) electrons. The van der Waals surface area contributed by atoms with E-state index in [0.29, 0.717) is 11.1 Å². The average Bonchev–Trinajstić information content (AvgIpc) is 3.35. The predicted molar refractivity (Wildman–Crippen MR) is 124 cm³/mol. The molecule has 8 nitrogen and oxygen atoms in total. The van der Waals surface area contributed by atoms with Crippen LogP contribution in [0.25, 0.3) is 11.5 Å². The molecule has 0 spiro atoms. The molecule has 10 heteroatoms. The molecule has 0 fully saturated rings. The largest absolute Gasteiger partial charge is 0.504 e. The number of furan rings is 1. The summed E-state index contributed by atoms with van der Waals surface area (Å²) < 4.78 is 46.2. The van der Waals surface area contributed by atoms with Crippen molar-refractivity contribution in [3.05, 3.63) is 102 Å². The Balaban J connectivity index is 1.63. The van der Waals surface area contributed by atoms with E-state index in [0.717, 1.165) is 0 Å².